The number of hydrogen-bond donors (Lipinski definition) is 1. The largest absolute Gasteiger partial charge is 0.399 e. The minimum atomic E-state index is -3.45. The molecule has 0 bridgehead atoms. The molecule has 0 aromatic heterocycles. The lowest BCUT2D eigenvalue weighted by atomic mass is 10.2. The number of aryl methyl sites for hydroxylation is 1. The van der Waals surface area contributed by atoms with Crippen LogP contribution in [-0.2, 0) is 10.0 Å². The van der Waals surface area contributed by atoms with Crippen LogP contribution < -0.4 is 5.73 Å². The molecule has 5 heteroatoms. The lowest BCUT2D eigenvalue weighted by molar-refractivity contribution is 0.292. The third-order valence-electron chi connectivity index (χ3n) is 4.06. The van der Waals surface area contributed by atoms with Gasteiger partial charge in [-0.1, -0.05) is 26.7 Å². The fourth-order valence-electron chi connectivity index (χ4n) is 3.08. The number of benzene rings is 1. The zero-order valence-electron chi connectivity index (χ0n) is 13.2. The standard InChI is InChI=1S/C16H26N2O2S/c1-12(2)11-18(15-6-4-5-7-15)21(19,20)16-9-8-14(17)10-13(16)3/h8-10,12,15H,4-7,11,17H2,1-3H3. The highest BCUT2D eigenvalue weighted by Gasteiger charge is 2.34. The smallest absolute Gasteiger partial charge is 0.243 e. The van der Waals surface area contributed by atoms with Gasteiger partial charge in [0.2, 0.25) is 10.0 Å². The highest BCUT2D eigenvalue weighted by molar-refractivity contribution is 7.89. The summed E-state index contributed by atoms with van der Waals surface area (Å²) in [4.78, 5) is 0.393. The number of hydrogen-bond acceptors (Lipinski definition) is 3. The molecular formula is C16H26N2O2S. The molecule has 1 aliphatic carbocycles. The average molecular weight is 310 g/mol. The Morgan fingerprint density at radius 1 is 1.29 bits per heavy atom. The molecule has 0 unspecified atom stereocenters. The summed E-state index contributed by atoms with van der Waals surface area (Å²) in [5.74, 6) is 0.314. The van der Waals surface area contributed by atoms with Crippen molar-refractivity contribution in [3.8, 4) is 0 Å². The molecule has 1 aromatic rings. The molecule has 1 fully saturated rings. The number of anilines is 1. The van der Waals surface area contributed by atoms with E-state index in [-0.39, 0.29) is 6.04 Å². The highest BCUT2D eigenvalue weighted by Crippen LogP contribution is 2.31. The van der Waals surface area contributed by atoms with E-state index in [0.29, 0.717) is 23.0 Å². The van der Waals surface area contributed by atoms with Gasteiger partial charge in [0.25, 0.3) is 0 Å². The van der Waals surface area contributed by atoms with Crippen molar-refractivity contribution in [2.24, 2.45) is 5.92 Å². The van der Waals surface area contributed by atoms with Crippen molar-refractivity contribution < 1.29 is 8.42 Å². The van der Waals surface area contributed by atoms with Crippen molar-refractivity contribution in [3.63, 3.8) is 0 Å². The Hall–Kier alpha value is -1.07. The van der Waals surface area contributed by atoms with Gasteiger partial charge in [-0.2, -0.15) is 4.31 Å². The van der Waals surface area contributed by atoms with Gasteiger partial charge in [0.05, 0.1) is 4.90 Å². The van der Waals surface area contributed by atoms with E-state index in [1.165, 1.54) is 0 Å². The quantitative estimate of drug-likeness (QED) is 0.850. The molecule has 1 saturated carbocycles. The summed E-state index contributed by atoms with van der Waals surface area (Å²) in [6.45, 7) is 6.52. The van der Waals surface area contributed by atoms with Crippen LogP contribution in [0, 0.1) is 12.8 Å². The predicted octanol–water partition coefficient (Wildman–Crippen LogP) is 3.17. The molecule has 0 aliphatic heterocycles. The summed E-state index contributed by atoms with van der Waals surface area (Å²) in [5, 5.41) is 0. The average Bonchev–Trinajstić information content (AvgIpc) is 2.88. The van der Waals surface area contributed by atoms with E-state index in [0.717, 1.165) is 31.2 Å². The van der Waals surface area contributed by atoms with Gasteiger partial charge in [0.1, 0.15) is 0 Å². The highest BCUT2D eigenvalue weighted by atomic mass is 32.2. The lowest BCUT2D eigenvalue weighted by Gasteiger charge is -2.30. The minimum Gasteiger partial charge on any atom is -0.399 e. The van der Waals surface area contributed by atoms with Crippen LogP contribution in [0.5, 0.6) is 0 Å². The first-order valence-corrected chi connectivity index (χ1v) is 9.14. The summed E-state index contributed by atoms with van der Waals surface area (Å²) >= 11 is 0. The normalized spacial score (nSPS) is 17.0. The van der Waals surface area contributed by atoms with Crippen LogP contribution in [0.25, 0.3) is 0 Å². The van der Waals surface area contributed by atoms with E-state index in [1.807, 2.05) is 6.92 Å². The maximum absolute atomic E-state index is 13.1. The molecule has 0 spiro atoms. The van der Waals surface area contributed by atoms with Gasteiger partial charge in [-0.15, -0.1) is 0 Å². The van der Waals surface area contributed by atoms with Crippen molar-refractivity contribution in [3.05, 3.63) is 23.8 Å². The number of sulfonamides is 1. The van der Waals surface area contributed by atoms with E-state index < -0.39 is 10.0 Å². The Labute approximate surface area is 128 Å². The summed E-state index contributed by atoms with van der Waals surface area (Å²) in [6.07, 6.45) is 4.19. The van der Waals surface area contributed by atoms with Crippen LogP contribution in [0.2, 0.25) is 0 Å². The minimum absolute atomic E-state index is 0.148. The van der Waals surface area contributed by atoms with Crippen LogP contribution in [-0.4, -0.2) is 25.3 Å². The molecule has 2 N–H and O–H groups in total. The number of nitrogens with zero attached hydrogens (tertiary/aromatic N) is 1. The van der Waals surface area contributed by atoms with E-state index in [4.69, 9.17) is 5.73 Å². The summed E-state index contributed by atoms with van der Waals surface area (Å²) in [7, 11) is -3.45. The Bertz CT molecular complexity index is 590. The summed E-state index contributed by atoms with van der Waals surface area (Å²) in [5.41, 5.74) is 7.06. The number of nitrogen functional groups attached to an aromatic ring is 1. The first-order chi connectivity index (χ1) is 9.82. The molecule has 0 radical (unpaired) electrons. The van der Waals surface area contributed by atoms with Gasteiger partial charge in [-0.25, -0.2) is 8.42 Å². The second-order valence-electron chi connectivity index (χ2n) is 6.43. The van der Waals surface area contributed by atoms with Crippen molar-refractivity contribution in [2.75, 3.05) is 12.3 Å². The summed E-state index contributed by atoms with van der Waals surface area (Å²) in [6, 6.07) is 5.19. The molecule has 1 aliphatic rings. The van der Waals surface area contributed by atoms with Crippen LogP contribution in [0.4, 0.5) is 5.69 Å². The monoisotopic (exact) mass is 310 g/mol. The van der Waals surface area contributed by atoms with Gasteiger partial charge in [-0.3, -0.25) is 0 Å². The first kappa shape index (κ1) is 16.3. The van der Waals surface area contributed by atoms with Gasteiger partial charge in [0, 0.05) is 18.3 Å². The fraction of sp³-hybridized carbons (Fsp3) is 0.625. The zero-order chi connectivity index (χ0) is 15.6. The van der Waals surface area contributed by atoms with Gasteiger partial charge < -0.3 is 5.73 Å². The number of nitrogens with two attached hydrogens (primary N) is 1. The molecule has 1 aromatic carbocycles. The zero-order valence-corrected chi connectivity index (χ0v) is 14.0. The van der Waals surface area contributed by atoms with E-state index >= 15 is 0 Å². The first-order valence-electron chi connectivity index (χ1n) is 7.70. The maximum atomic E-state index is 13.1. The molecule has 4 nitrogen and oxygen atoms in total. The van der Waals surface area contributed by atoms with Gasteiger partial charge in [-0.05, 0) is 49.4 Å². The molecule has 2 rings (SSSR count). The predicted molar refractivity (Wildman–Crippen MR) is 86.6 cm³/mol. The van der Waals surface area contributed by atoms with Gasteiger partial charge >= 0.3 is 0 Å². The Balaban J connectivity index is 2.40. The molecule has 0 atom stereocenters. The molecule has 0 heterocycles. The van der Waals surface area contributed by atoms with E-state index in [9.17, 15) is 8.42 Å². The molecule has 21 heavy (non-hydrogen) atoms. The SMILES string of the molecule is Cc1cc(N)ccc1S(=O)(=O)N(CC(C)C)C1CCCC1. The van der Waals surface area contributed by atoms with Crippen LogP contribution in [0.1, 0.15) is 45.1 Å². The fourth-order valence-corrected chi connectivity index (χ4v) is 5.14. The maximum Gasteiger partial charge on any atom is 0.243 e. The van der Waals surface area contributed by atoms with Crippen LogP contribution in [0.15, 0.2) is 23.1 Å². The molecular weight excluding hydrogens is 284 g/mol. The lowest BCUT2D eigenvalue weighted by Crippen LogP contribution is -2.41. The van der Waals surface area contributed by atoms with Crippen molar-refractivity contribution >= 4 is 15.7 Å². The molecule has 118 valence electrons. The number of rotatable bonds is 5. The second-order valence-corrected chi connectivity index (χ2v) is 8.29. The van der Waals surface area contributed by atoms with Crippen LogP contribution >= 0.6 is 0 Å². The van der Waals surface area contributed by atoms with Crippen molar-refractivity contribution in [1.82, 2.24) is 4.31 Å². The second kappa shape index (κ2) is 6.36. The Morgan fingerprint density at radius 2 is 1.90 bits per heavy atom. The van der Waals surface area contributed by atoms with Crippen molar-refractivity contribution in [2.45, 2.75) is 57.4 Å². The molecule has 0 amide bonds. The van der Waals surface area contributed by atoms with E-state index in [2.05, 4.69) is 13.8 Å². The third kappa shape index (κ3) is 3.58. The summed E-state index contributed by atoms with van der Waals surface area (Å²) < 4.78 is 27.9. The van der Waals surface area contributed by atoms with Gasteiger partial charge in [0.15, 0.2) is 0 Å². The van der Waals surface area contributed by atoms with E-state index in [1.54, 1.807) is 22.5 Å². The Kier molecular flexibility index (Phi) is 4.94. The third-order valence-corrected chi connectivity index (χ3v) is 6.14. The van der Waals surface area contributed by atoms with Crippen molar-refractivity contribution in [1.29, 1.82) is 0 Å². The Morgan fingerprint density at radius 3 is 2.43 bits per heavy atom. The molecule has 0 saturated heterocycles. The van der Waals surface area contributed by atoms with Crippen LogP contribution in [0.3, 0.4) is 0 Å². The topological polar surface area (TPSA) is 63.4 Å².